The van der Waals surface area contributed by atoms with Crippen LogP contribution in [0, 0.1) is 11.6 Å². The van der Waals surface area contributed by atoms with E-state index in [9.17, 15) is 17.2 Å². The molecule has 1 saturated heterocycles. The molecule has 2 aromatic rings. The smallest absolute Gasteiger partial charge is 0.207 e. The fourth-order valence-electron chi connectivity index (χ4n) is 2.61. The highest BCUT2D eigenvalue weighted by molar-refractivity contribution is 7.89. The summed E-state index contributed by atoms with van der Waals surface area (Å²) >= 11 is 1.49. The number of sulfonamides is 1. The number of hydrogen-bond acceptors (Lipinski definition) is 3. The van der Waals surface area contributed by atoms with Gasteiger partial charge in [-0.05, 0) is 36.4 Å². The number of nitrogens with zero attached hydrogens (tertiary/aromatic N) is 1. The first-order valence-electron chi connectivity index (χ1n) is 6.50. The predicted molar refractivity (Wildman–Crippen MR) is 76.5 cm³/mol. The standard InChI is InChI=1S/C14H13F2NO2S2/c15-10-7-11(16)9-12(8-10)21(18,19)17-5-1-3-13(17)14-4-2-6-20-14/h2,4,6-9,13H,1,3,5H2. The van der Waals surface area contributed by atoms with Crippen molar-refractivity contribution >= 4 is 21.4 Å². The zero-order valence-corrected chi connectivity index (χ0v) is 12.6. The van der Waals surface area contributed by atoms with Crippen LogP contribution in [0.2, 0.25) is 0 Å². The highest BCUT2D eigenvalue weighted by Crippen LogP contribution is 2.38. The predicted octanol–water partition coefficient (Wildman–Crippen LogP) is 3.55. The Morgan fingerprint density at radius 2 is 1.90 bits per heavy atom. The van der Waals surface area contributed by atoms with Gasteiger partial charge in [-0.25, -0.2) is 17.2 Å². The highest BCUT2D eigenvalue weighted by Gasteiger charge is 2.37. The fourth-order valence-corrected chi connectivity index (χ4v) is 5.26. The molecule has 0 aliphatic carbocycles. The van der Waals surface area contributed by atoms with Crippen molar-refractivity contribution in [1.82, 2.24) is 4.31 Å². The van der Waals surface area contributed by atoms with Crippen LogP contribution in [0.3, 0.4) is 0 Å². The molecular formula is C14H13F2NO2S2. The average Bonchev–Trinajstić information content (AvgIpc) is 3.08. The monoisotopic (exact) mass is 329 g/mol. The van der Waals surface area contributed by atoms with Crippen LogP contribution in [0.5, 0.6) is 0 Å². The van der Waals surface area contributed by atoms with Crippen molar-refractivity contribution in [3.63, 3.8) is 0 Å². The van der Waals surface area contributed by atoms with Crippen molar-refractivity contribution in [2.75, 3.05) is 6.54 Å². The van der Waals surface area contributed by atoms with Crippen molar-refractivity contribution in [2.45, 2.75) is 23.8 Å². The molecule has 3 rings (SSSR count). The fraction of sp³-hybridized carbons (Fsp3) is 0.286. The van der Waals surface area contributed by atoms with Gasteiger partial charge >= 0.3 is 0 Å². The molecule has 0 bridgehead atoms. The molecule has 3 nitrogen and oxygen atoms in total. The first-order chi connectivity index (χ1) is 9.98. The van der Waals surface area contributed by atoms with Crippen LogP contribution >= 0.6 is 11.3 Å². The molecule has 0 spiro atoms. The molecule has 21 heavy (non-hydrogen) atoms. The van der Waals surface area contributed by atoms with E-state index in [4.69, 9.17) is 0 Å². The molecule has 1 aromatic carbocycles. The summed E-state index contributed by atoms with van der Waals surface area (Å²) in [5, 5.41) is 1.89. The van der Waals surface area contributed by atoms with E-state index in [0.717, 1.165) is 29.9 Å². The zero-order chi connectivity index (χ0) is 15.0. The van der Waals surface area contributed by atoms with Crippen LogP contribution < -0.4 is 0 Å². The van der Waals surface area contributed by atoms with Crippen molar-refractivity contribution in [2.24, 2.45) is 0 Å². The van der Waals surface area contributed by atoms with E-state index in [-0.39, 0.29) is 10.9 Å². The van der Waals surface area contributed by atoms with Gasteiger partial charge in [0.1, 0.15) is 11.6 Å². The number of benzene rings is 1. The minimum Gasteiger partial charge on any atom is -0.207 e. The number of thiophene rings is 1. The molecule has 7 heteroatoms. The Morgan fingerprint density at radius 3 is 2.52 bits per heavy atom. The summed E-state index contributed by atoms with van der Waals surface area (Å²) < 4.78 is 53.2. The first kappa shape index (κ1) is 14.6. The van der Waals surface area contributed by atoms with Gasteiger partial charge in [0.25, 0.3) is 0 Å². The molecule has 2 heterocycles. The molecule has 1 aromatic heterocycles. The molecule has 112 valence electrons. The highest BCUT2D eigenvalue weighted by atomic mass is 32.2. The minimum absolute atomic E-state index is 0.249. The SMILES string of the molecule is O=S(=O)(c1cc(F)cc(F)c1)N1CCCC1c1cccs1. The van der Waals surface area contributed by atoms with Crippen molar-refractivity contribution in [3.8, 4) is 0 Å². The van der Waals surface area contributed by atoms with Crippen molar-refractivity contribution in [1.29, 1.82) is 0 Å². The van der Waals surface area contributed by atoms with Crippen LogP contribution in [-0.4, -0.2) is 19.3 Å². The summed E-state index contributed by atoms with van der Waals surface area (Å²) in [5.41, 5.74) is 0. The normalized spacial score (nSPS) is 20.0. The Hall–Kier alpha value is -1.31. The third kappa shape index (κ3) is 2.73. The molecule has 0 amide bonds. The molecule has 1 unspecified atom stereocenters. The second-order valence-electron chi connectivity index (χ2n) is 4.89. The van der Waals surface area contributed by atoms with Crippen molar-refractivity contribution in [3.05, 3.63) is 52.2 Å². The van der Waals surface area contributed by atoms with Gasteiger partial charge in [0, 0.05) is 17.5 Å². The lowest BCUT2D eigenvalue weighted by Crippen LogP contribution is -2.30. The van der Waals surface area contributed by atoms with Gasteiger partial charge in [0.15, 0.2) is 0 Å². The van der Waals surface area contributed by atoms with Gasteiger partial charge in [-0.15, -0.1) is 11.3 Å². The third-order valence-corrected chi connectivity index (χ3v) is 6.38. The van der Waals surface area contributed by atoms with Gasteiger partial charge in [-0.1, -0.05) is 6.07 Å². The average molecular weight is 329 g/mol. The zero-order valence-electron chi connectivity index (χ0n) is 11.0. The number of halogens is 2. The van der Waals surface area contributed by atoms with E-state index < -0.39 is 21.7 Å². The lowest BCUT2D eigenvalue weighted by molar-refractivity contribution is 0.400. The van der Waals surface area contributed by atoms with E-state index in [2.05, 4.69) is 0 Å². The van der Waals surface area contributed by atoms with Crippen LogP contribution in [0.15, 0.2) is 40.6 Å². The third-order valence-electron chi connectivity index (χ3n) is 3.52. The number of hydrogen-bond donors (Lipinski definition) is 0. The van der Waals surface area contributed by atoms with E-state index in [1.807, 2.05) is 17.5 Å². The summed E-state index contributed by atoms with van der Waals surface area (Å²) in [6, 6.07) is 5.89. The van der Waals surface area contributed by atoms with Gasteiger partial charge < -0.3 is 0 Å². The van der Waals surface area contributed by atoms with E-state index in [1.165, 1.54) is 15.6 Å². The summed E-state index contributed by atoms with van der Waals surface area (Å²) in [6.45, 7) is 0.364. The maximum Gasteiger partial charge on any atom is 0.243 e. The van der Waals surface area contributed by atoms with Gasteiger partial charge in [-0.3, -0.25) is 0 Å². The lowest BCUT2D eigenvalue weighted by atomic mass is 10.2. The largest absolute Gasteiger partial charge is 0.243 e. The summed E-state index contributed by atoms with van der Waals surface area (Å²) in [7, 11) is -3.90. The molecule has 0 N–H and O–H groups in total. The Bertz CT molecular complexity index is 724. The molecule has 1 aliphatic rings. The second-order valence-corrected chi connectivity index (χ2v) is 7.76. The summed E-state index contributed by atoms with van der Waals surface area (Å²) in [4.78, 5) is 0.622. The summed E-state index contributed by atoms with van der Waals surface area (Å²) in [5.74, 6) is -1.78. The van der Waals surface area contributed by atoms with E-state index in [0.29, 0.717) is 12.6 Å². The molecule has 1 atom stereocenters. The lowest BCUT2D eigenvalue weighted by Gasteiger charge is -2.23. The van der Waals surface area contributed by atoms with Crippen LogP contribution in [0.1, 0.15) is 23.8 Å². The van der Waals surface area contributed by atoms with Gasteiger partial charge in [-0.2, -0.15) is 4.31 Å². The maximum atomic E-state index is 13.3. The quantitative estimate of drug-likeness (QED) is 0.863. The Morgan fingerprint density at radius 1 is 1.19 bits per heavy atom. The molecular weight excluding hydrogens is 316 g/mol. The Kier molecular flexibility index (Phi) is 3.81. The topological polar surface area (TPSA) is 37.4 Å². The van der Waals surface area contributed by atoms with Gasteiger partial charge in [0.2, 0.25) is 10.0 Å². The van der Waals surface area contributed by atoms with Crippen LogP contribution in [0.4, 0.5) is 8.78 Å². The Balaban J connectivity index is 2.01. The van der Waals surface area contributed by atoms with Crippen LogP contribution in [0.25, 0.3) is 0 Å². The number of rotatable bonds is 3. The minimum atomic E-state index is -3.90. The van der Waals surface area contributed by atoms with Gasteiger partial charge in [0.05, 0.1) is 10.9 Å². The Labute approximate surface area is 125 Å². The molecule has 1 fully saturated rings. The van der Waals surface area contributed by atoms with Crippen molar-refractivity contribution < 1.29 is 17.2 Å². The van der Waals surface area contributed by atoms with E-state index >= 15 is 0 Å². The maximum absolute atomic E-state index is 13.3. The van der Waals surface area contributed by atoms with E-state index in [1.54, 1.807) is 0 Å². The van der Waals surface area contributed by atoms with Crippen LogP contribution in [-0.2, 0) is 10.0 Å². The first-order valence-corrected chi connectivity index (χ1v) is 8.82. The summed E-state index contributed by atoms with van der Waals surface area (Å²) in [6.07, 6.45) is 1.46. The molecule has 1 aliphatic heterocycles. The molecule has 0 radical (unpaired) electrons. The molecule has 0 saturated carbocycles. The second kappa shape index (κ2) is 5.47.